The van der Waals surface area contributed by atoms with Crippen molar-refractivity contribution >= 4 is 44.5 Å². The first-order valence-electron chi connectivity index (χ1n) is 9.30. The Bertz CT molecular complexity index is 1510. The monoisotopic (exact) mass is 444 g/mol. The Morgan fingerprint density at radius 1 is 1.16 bits per heavy atom. The van der Waals surface area contributed by atoms with Crippen molar-refractivity contribution in [3.8, 4) is 12.3 Å². The zero-order chi connectivity index (χ0) is 22.7. The summed E-state index contributed by atoms with van der Waals surface area (Å²) in [7, 11) is -3.92. The van der Waals surface area contributed by atoms with Crippen molar-refractivity contribution in [3.05, 3.63) is 84.5 Å². The molecule has 2 heterocycles. The van der Waals surface area contributed by atoms with E-state index in [-0.39, 0.29) is 4.90 Å². The molecule has 0 aliphatic heterocycles. The quantitative estimate of drug-likeness (QED) is 0.346. The third-order valence-electron chi connectivity index (χ3n) is 4.58. The third-order valence-corrected chi connectivity index (χ3v) is 6.21. The maximum atomic E-state index is 13.1. The van der Waals surface area contributed by atoms with Crippen LogP contribution in [0, 0.1) is 12.3 Å². The summed E-state index contributed by atoms with van der Waals surface area (Å²) in [5, 5.41) is 12.4. The van der Waals surface area contributed by atoms with Crippen molar-refractivity contribution in [2.45, 2.75) is 4.90 Å². The molecule has 2 aromatic carbocycles. The standard InChI is InChI=1S/C23H16N4O4S/c1-2-16-4-3-5-18(12-16)26-23-20-13-19(7-8-21(20)24-15-25-23)32(30,31)27-11-10-17(14-27)6-9-22(28)29/h1,3-15H,(H,28,29)(H,24,25,26)/b9-6+. The minimum Gasteiger partial charge on any atom is -0.478 e. The Balaban J connectivity index is 1.73. The van der Waals surface area contributed by atoms with Crippen molar-refractivity contribution in [2.75, 3.05) is 5.32 Å². The first kappa shape index (κ1) is 20.8. The topological polar surface area (TPSA) is 114 Å². The first-order chi connectivity index (χ1) is 15.4. The number of fused-ring (bicyclic) bond motifs is 1. The van der Waals surface area contributed by atoms with Crippen molar-refractivity contribution in [1.82, 2.24) is 13.9 Å². The highest BCUT2D eigenvalue weighted by molar-refractivity contribution is 7.90. The number of carboxylic acids is 1. The van der Waals surface area contributed by atoms with Gasteiger partial charge in [0.25, 0.3) is 10.0 Å². The summed E-state index contributed by atoms with van der Waals surface area (Å²) < 4.78 is 27.3. The Morgan fingerprint density at radius 3 is 2.78 bits per heavy atom. The van der Waals surface area contributed by atoms with Gasteiger partial charge in [-0.3, -0.25) is 0 Å². The zero-order valence-corrected chi connectivity index (χ0v) is 17.3. The number of nitrogens with zero attached hydrogens (tertiary/aromatic N) is 3. The van der Waals surface area contributed by atoms with Gasteiger partial charge in [-0.2, -0.15) is 0 Å². The molecular weight excluding hydrogens is 428 g/mol. The first-order valence-corrected chi connectivity index (χ1v) is 10.7. The smallest absolute Gasteiger partial charge is 0.328 e. The fraction of sp³-hybridized carbons (Fsp3) is 0. The fourth-order valence-corrected chi connectivity index (χ4v) is 4.28. The van der Waals surface area contributed by atoms with E-state index < -0.39 is 16.0 Å². The number of benzene rings is 2. The molecule has 4 aromatic rings. The highest BCUT2D eigenvalue weighted by atomic mass is 32.2. The molecule has 9 heteroatoms. The SMILES string of the molecule is C#Cc1cccc(Nc2ncnc3ccc(S(=O)(=O)n4ccc(/C=C/C(=O)O)c4)cc23)c1. The number of aliphatic carboxylic acids is 1. The second-order valence-electron chi connectivity index (χ2n) is 6.70. The molecule has 32 heavy (non-hydrogen) atoms. The normalized spacial score (nSPS) is 11.5. The van der Waals surface area contributed by atoms with Crippen molar-refractivity contribution in [2.24, 2.45) is 0 Å². The van der Waals surface area contributed by atoms with Crippen LogP contribution in [0.2, 0.25) is 0 Å². The Kier molecular flexibility index (Phi) is 5.45. The van der Waals surface area contributed by atoms with Gasteiger partial charge >= 0.3 is 5.97 Å². The van der Waals surface area contributed by atoms with E-state index in [0.29, 0.717) is 33.5 Å². The van der Waals surface area contributed by atoms with Crippen LogP contribution < -0.4 is 5.32 Å². The van der Waals surface area contributed by atoms with E-state index in [4.69, 9.17) is 11.5 Å². The Morgan fingerprint density at radius 2 is 2.00 bits per heavy atom. The van der Waals surface area contributed by atoms with Crippen LogP contribution in [0.25, 0.3) is 17.0 Å². The number of carboxylic acid groups (broad SMARTS) is 1. The van der Waals surface area contributed by atoms with Gasteiger partial charge in [0.1, 0.15) is 12.1 Å². The lowest BCUT2D eigenvalue weighted by Crippen LogP contribution is -2.11. The lowest BCUT2D eigenvalue weighted by atomic mass is 10.2. The summed E-state index contributed by atoms with van der Waals surface area (Å²) in [5.41, 5.74) is 2.40. The van der Waals surface area contributed by atoms with E-state index in [0.717, 1.165) is 10.0 Å². The van der Waals surface area contributed by atoms with Crippen molar-refractivity contribution in [1.29, 1.82) is 0 Å². The molecule has 0 spiro atoms. The molecule has 0 radical (unpaired) electrons. The van der Waals surface area contributed by atoms with Crippen molar-refractivity contribution in [3.63, 3.8) is 0 Å². The largest absolute Gasteiger partial charge is 0.478 e. The molecule has 0 atom stereocenters. The predicted octanol–water partition coefficient (Wildman–Crippen LogP) is 3.49. The van der Waals surface area contributed by atoms with Crippen LogP contribution in [-0.2, 0) is 14.8 Å². The number of nitrogens with one attached hydrogen (secondary N) is 1. The average Bonchev–Trinajstić information content (AvgIpc) is 3.28. The van der Waals surface area contributed by atoms with Gasteiger partial charge in [-0.15, -0.1) is 6.42 Å². The van der Waals surface area contributed by atoms with Crippen LogP contribution in [-0.4, -0.2) is 33.4 Å². The number of hydrogen-bond acceptors (Lipinski definition) is 6. The Hall–Kier alpha value is -4.42. The Labute approximate surface area is 183 Å². The average molecular weight is 444 g/mol. The molecule has 0 unspecified atom stereocenters. The van der Waals surface area contributed by atoms with E-state index in [1.165, 1.54) is 43.0 Å². The summed E-state index contributed by atoms with van der Waals surface area (Å²) >= 11 is 0. The van der Waals surface area contributed by atoms with Gasteiger partial charge in [0.2, 0.25) is 0 Å². The summed E-state index contributed by atoms with van der Waals surface area (Å²) in [6.07, 6.45) is 11.8. The minimum atomic E-state index is -3.92. The van der Waals surface area contributed by atoms with E-state index in [9.17, 15) is 13.2 Å². The van der Waals surface area contributed by atoms with Gasteiger partial charge in [0.05, 0.1) is 10.4 Å². The van der Waals surface area contributed by atoms with Crippen LogP contribution in [0.5, 0.6) is 0 Å². The zero-order valence-electron chi connectivity index (χ0n) is 16.5. The third kappa shape index (κ3) is 4.21. The van der Waals surface area contributed by atoms with E-state index in [1.807, 2.05) is 6.07 Å². The molecule has 0 amide bonds. The number of carbonyl (C=O) groups is 1. The molecule has 4 rings (SSSR count). The molecule has 0 saturated carbocycles. The molecule has 8 nitrogen and oxygen atoms in total. The highest BCUT2D eigenvalue weighted by Crippen LogP contribution is 2.27. The molecule has 2 N–H and O–H groups in total. The van der Waals surface area contributed by atoms with Gasteiger partial charge in [0.15, 0.2) is 0 Å². The molecule has 0 bridgehead atoms. The van der Waals surface area contributed by atoms with Crippen LogP contribution in [0.1, 0.15) is 11.1 Å². The summed E-state index contributed by atoms with van der Waals surface area (Å²) in [6, 6.07) is 13.3. The molecule has 2 aromatic heterocycles. The lowest BCUT2D eigenvalue weighted by molar-refractivity contribution is -0.131. The van der Waals surface area contributed by atoms with Gasteiger partial charge in [-0.1, -0.05) is 12.0 Å². The fourth-order valence-electron chi connectivity index (χ4n) is 3.05. The molecule has 158 valence electrons. The number of aromatic nitrogens is 3. The van der Waals surface area contributed by atoms with Gasteiger partial charge < -0.3 is 10.4 Å². The maximum Gasteiger partial charge on any atom is 0.328 e. The number of anilines is 2. The molecular formula is C23H16N4O4S. The summed E-state index contributed by atoms with van der Waals surface area (Å²) in [4.78, 5) is 19.2. The minimum absolute atomic E-state index is 0.0320. The molecule has 0 aliphatic carbocycles. The van der Waals surface area contributed by atoms with E-state index in [2.05, 4.69) is 21.2 Å². The van der Waals surface area contributed by atoms with E-state index >= 15 is 0 Å². The number of rotatable bonds is 6. The summed E-state index contributed by atoms with van der Waals surface area (Å²) in [6.45, 7) is 0. The van der Waals surface area contributed by atoms with Crippen LogP contribution in [0.4, 0.5) is 11.5 Å². The molecule has 0 fully saturated rings. The highest BCUT2D eigenvalue weighted by Gasteiger charge is 2.18. The van der Waals surface area contributed by atoms with Crippen LogP contribution in [0.3, 0.4) is 0 Å². The second-order valence-corrected chi connectivity index (χ2v) is 8.55. The van der Waals surface area contributed by atoms with Crippen molar-refractivity contribution < 1.29 is 18.3 Å². The second kappa shape index (κ2) is 8.37. The van der Waals surface area contributed by atoms with Crippen LogP contribution >= 0.6 is 0 Å². The molecule has 0 aliphatic rings. The summed E-state index contributed by atoms with van der Waals surface area (Å²) in [5.74, 6) is 1.87. The van der Waals surface area contributed by atoms with E-state index in [1.54, 1.807) is 24.3 Å². The molecule has 0 saturated heterocycles. The number of terminal acetylenes is 1. The maximum absolute atomic E-state index is 13.1. The van der Waals surface area contributed by atoms with Gasteiger partial charge in [-0.05, 0) is 54.1 Å². The van der Waals surface area contributed by atoms with Gasteiger partial charge in [-0.25, -0.2) is 27.2 Å². The lowest BCUT2D eigenvalue weighted by Gasteiger charge is -2.11. The van der Waals surface area contributed by atoms with Crippen LogP contribution in [0.15, 0.2) is 78.2 Å². The predicted molar refractivity (Wildman–Crippen MR) is 121 cm³/mol. The number of hydrogen-bond donors (Lipinski definition) is 2. The van der Waals surface area contributed by atoms with Gasteiger partial charge in [0, 0.05) is 35.1 Å².